The predicted molar refractivity (Wildman–Crippen MR) is 104 cm³/mol. The van der Waals surface area contributed by atoms with Gasteiger partial charge >= 0.3 is 0 Å². The summed E-state index contributed by atoms with van der Waals surface area (Å²) in [5, 5.41) is 13.8. The number of nitrogens with zero attached hydrogens (tertiary/aromatic N) is 1. The van der Waals surface area contributed by atoms with Crippen molar-refractivity contribution in [1.29, 1.82) is 0 Å². The molecule has 0 aliphatic carbocycles. The molecule has 1 aromatic carbocycles. The summed E-state index contributed by atoms with van der Waals surface area (Å²) in [6.45, 7) is 2.69. The van der Waals surface area contributed by atoms with Gasteiger partial charge in [0.2, 0.25) is 11.8 Å². The Morgan fingerprint density at radius 2 is 1.86 bits per heavy atom. The van der Waals surface area contributed by atoms with Gasteiger partial charge < -0.3 is 20.1 Å². The minimum atomic E-state index is -0.607. The van der Waals surface area contributed by atoms with Crippen LogP contribution >= 0.6 is 0 Å². The lowest BCUT2D eigenvalue weighted by atomic mass is 9.69. The largest absolute Gasteiger partial charge is 0.391 e. The molecule has 6 nitrogen and oxygen atoms in total. The van der Waals surface area contributed by atoms with E-state index in [2.05, 4.69) is 5.32 Å². The number of aliphatic hydroxyl groups excluding tert-OH is 1. The Morgan fingerprint density at radius 3 is 2.54 bits per heavy atom. The molecule has 3 aliphatic rings. The highest BCUT2D eigenvalue weighted by Crippen LogP contribution is 2.42. The summed E-state index contributed by atoms with van der Waals surface area (Å²) in [7, 11) is 0. The van der Waals surface area contributed by atoms with E-state index in [-0.39, 0.29) is 17.9 Å². The Hall–Kier alpha value is -1.92. The van der Waals surface area contributed by atoms with Crippen LogP contribution < -0.4 is 5.32 Å². The Balaban J connectivity index is 1.34. The maximum absolute atomic E-state index is 13.0. The average molecular weight is 386 g/mol. The SMILES string of the molecule is O=C(CC1CCOCC1)N1CCC2(CC1)C[C@@H](O)[C@H](c1ccccc1)NC2=O. The number of hydrogen-bond acceptors (Lipinski definition) is 4. The number of nitrogens with one attached hydrogen (secondary N) is 1. The molecule has 1 spiro atoms. The van der Waals surface area contributed by atoms with E-state index in [0.717, 1.165) is 31.6 Å². The molecule has 2 amide bonds. The van der Waals surface area contributed by atoms with E-state index in [4.69, 9.17) is 4.74 Å². The molecule has 3 heterocycles. The highest BCUT2D eigenvalue weighted by molar-refractivity contribution is 5.85. The molecule has 2 atom stereocenters. The molecule has 0 aromatic heterocycles. The zero-order valence-corrected chi connectivity index (χ0v) is 16.3. The number of carbonyl (C=O) groups is 2. The van der Waals surface area contributed by atoms with Gasteiger partial charge in [0.25, 0.3) is 0 Å². The monoisotopic (exact) mass is 386 g/mol. The Labute approximate surface area is 166 Å². The molecule has 1 aromatic rings. The van der Waals surface area contributed by atoms with Gasteiger partial charge in [-0.25, -0.2) is 0 Å². The first-order chi connectivity index (χ1) is 13.6. The highest BCUT2D eigenvalue weighted by Gasteiger charge is 2.49. The van der Waals surface area contributed by atoms with Gasteiger partial charge in [-0.1, -0.05) is 30.3 Å². The molecule has 0 bridgehead atoms. The average Bonchev–Trinajstić information content (AvgIpc) is 2.72. The van der Waals surface area contributed by atoms with E-state index in [1.54, 1.807) is 0 Å². The number of rotatable bonds is 3. The maximum Gasteiger partial charge on any atom is 0.227 e. The van der Waals surface area contributed by atoms with Crippen LogP contribution in [0, 0.1) is 11.3 Å². The summed E-state index contributed by atoms with van der Waals surface area (Å²) in [6.07, 6.45) is 3.59. The molecule has 2 N–H and O–H groups in total. The lowest BCUT2D eigenvalue weighted by Crippen LogP contribution is -2.57. The first-order valence-corrected chi connectivity index (χ1v) is 10.5. The van der Waals surface area contributed by atoms with Crippen molar-refractivity contribution in [3.8, 4) is 0 Å². The van der Waals surface area contributed by atoms with Crippen LogP contribution in [0.1, 0.15) is 50.1 Å². The Bertz CT molecular complexity index is 694. The van der Waals surface area contributed by atoms with Gasteiger partial charge in [0, 0.05) is 32.7 Å². The summed E-state index contributed by atoms with van der Waals surface area (Å²) in [6, 6.07) is 9.28. The van der Waals surface area contributed by atoms with Gasteiger partial charge in [0.05, 0.1) is 17.6 Å². The number of likely N-dealkylation sites (tertiary alicyclic amines) is 1. The fourth-order valence-corrected chi connectivity index (χ4v) is 4.91. The van der Waals surface area contributed by atoms with Crippen molar-refractivity contribution in [1.82, 2.24) is 10.2 Å². The number of aliphatic hydroxyl groups is 1. The second-order valence-corrected chi connectivity index (χ2v) is 8.55. The maximum atomic E-state index is 13.0. The van der Waals surface area contributed by atoms with Crippen LogP contribution in [0.4, 0.5) is 0 Å². The summed E-state index contributed by atoms with van der Waals surface area (Å²) in [5.74, 6) is 0.632. The summed E-state index contributed by atoms with van der Waals surface area (Å²) < 4.78 is 5.37. The van der Waals surface area contributed by atoms with Crippen molar-refractivity contribution in [2.24, 2.45) is 11.3 Å². The Kier molecular flexibility index (Phi) is 5.69. The van der Waals surface area contributed by atoms with Crippen LogP contribution in [-0.4, -0.2) is 54.2 Å². The topological polar surface area (TPSA) is 78.9 Å². The van der Waals surface area contributed by atoms with Crippen LogP contribution in [0.3, 0.4) is 0 Å². The molecule has 3 fully saturated rings. The first-order valence-electron chi connectivity index (χ1n) is 10.5. The normalized spacial score (nSPS) is 28.2. The Morgan fingerprint density at radius 1 is 1.18 bits per heavy atom. The molecule has 4 rings (SSSR count). The number of benzene rings is 1. The standard InChI is InChI=1S/C22H30N2O4/c25-18-15-22(21(27)23-20(18)17-4-2-1-3-5-17)8-10-24(11-9-22)19(26)14-16-6-12-28-13-7-16/h1-5,16,18,20,25H,6-15H2,(H,23,27)/t18-,20+/m1/s1. The van der Waals surface area contributed by atoms with Crippen LogP contribution in [-0.2, 0) is 14.3 Å². The summed E-state index contributed by atoms with van der Waals surface area (Å²) in [5.41, 5.74) is 0.377. The van der Waals surface area contributed by atoms with Crippen molar-refractivity contribution in [2.45, 2.75) is 50.7 Å². The molecule has 3 saturated heterocycles. The minimum Gasteiger partial charge on any atom is -0.391 e. The van der Waals surface area contributed by atoms with Gasteiger partial charge in [-0.15, -0.1) is 0 Å². The van der Waals surface area contributed by atoms with Crippen LogP contribution in [0.2, 0.25) is 0 Å². The first kappa shape index (κ1) is 19.4. The molecule has 3 aliphatic heterocycles. The van der Waals surface area contributed by atoms with Gasteiger partial charge in [0.15, 0.2) is 0 Å². The number of hydrogen-bond donors (Lipinski definition) is 2. The third kappa shape index (κ3) is 3.94. The summed E-state index contributed by atoms with van der Waals surface area (Å²) >= 11 is 0. The molecule has 0 radical (unpaired) electrons. The van der Waals surface area contributed by atoms with Crippen molar-refractivity contribution in [3.63, 3.8) is 0 Å². The van der Waals surface area contributed by atoms with Gasteiger partial charge in [0.1, 0.15) is 0 Å². The number of carbonyl (C=O) groups excluding carboxylic acids is 2. The van der Waals surface area contributed by atoms with E-state index in [1.807, 2.05) is 35.2 Å². The molecular formula is C22H30N2O4. The third-order valence-electron chi connectivity index (χ3n) is 6.79. The molecule has 0 saturated carbocycles. The second-order valence-electron chi connectivity index (χ2n) is 8.55. The van der Waals surface area contributed by atoms with Gasteiger partial charge in [-0.2, -0.15) is 0 Å². The minimum absolute atomic E-state index is 0.0168. The van der Waals surface area contributed by atoms with Gasteiger partial charge in [-0.3, -0.25) is 9.59 Å². The van der Waals surface area contributed by atoms with E-state index in [0.29, 0.717) is 44.7 Å². The molecule has 6 heteroatoms. The molecular weight excluding hydrogens is 356 g/mol. The molecule has 152 valence electrons. The lowest BCUT2D eigenvalue weighted by molar-refractivity contribution is -0.148. The van der Waals surface area contributed by atoms with Crippen LogP contribution in [0.25, 0.3) is 0 Å². The number of piperidine rings is 2. The highest BCUT2D eigenvalue weighted by atomic mass is 16.5. The lowest BCUT2D eigenvalue weighted by Gasteiger charge is -2.47. The van der Waals surface area contributed by atoms with E-state index in [9.17, 15) is 14.7 Å². The zero-order chi connectivity index (χ0) is 19.6. The smallest absolute Gasteiger partial charge is 0.227 e. The van der Waals surface area contributed by atoms with Crippen molar-refractivity contribution < 1.29 is 19.4 Å². The van der Waals surface area contributed by atoms with Crippen molar-refractivity contribution in [3.05, 3.63) is 35.9 Å². The van der Waals surface area contributed by atoms with Gasteiger partial charge in [-0.05, 0) is 43.6 Å². The van der Waals surface area contributed by atoms with Crippen LogP contribution in [0.5, 0.6) is 0 Å². The van der Waals surface area contributed by atoms with Crippen molar-refractivity contribution in [2.75, 3.05) is 26.3 Å². The third-order valence-corrected chi connectivity index (χ3v) is 6.79. The number of amides is 2. The number of ether oxygens (including phenoxy) is 1. The van der Waals surface area contributed by atoms with Crippen molar-refractivity contribution >= 4 is 11.8 Å². The van der Waals surface area contributed by atoms with E-state index >= 15 is 0 Å². The summed E-state index contributed by atoms with van der Waals surface area (Å²) in [4.78, 5) is 27.5. The zero-order valence-electron chi connectivity index (χ0n) is 16.3. The van der Waals surface area contributed by atoms with E-state index in [1.165, 1.54) is 0 Å². The molecule has 0 unspecified atom stereocenters. The van der Waals surface area contributed by atoms with Crippen LogP contribution in [0.15, 0.2) is 30.3 Å². The quantitative estimate of drug-likeness (QED) is 0.833. The molecule has 28 heavy (non-hydrogen) atoms. The fraction of sp³-hybridized carbons (Fsp3) is 0.636. The second kappa shape index (κ2) is 8.21. The fourth-order valence-electron chi connectivity index (χ4n) is 4.91. The predicted octanol–water partition coefficient (Wildman–Crippen LogP) is 2.03. The van der Waals surface area contributed by atoms with E-state index < -0.39 is 11.5 Å².